The topological polar surface area (TPSA) is 26.3 Å². The van der Waals surface area contributed by atoms with Crippen molar-refractivity contribution in [2.45, 2.75) is 86.0 Å². The van der Waals surface area contributed by atoms with Crippen molar-refractivity contribution in [1.82, 2.24) is 0 Å². The van der Waals surface area contributed by atoms with Crippen molar-refractivity contribution in [1.29, 1.82) is 0 Å². The molecule has 0 unspecified atom stereocenters. The number of allylic oxidation sites excluding steroid dienone is 2. The van der Waals surface area contributed by atoms with Gasteiger partial charge in [-0.05, 0) is 0 Å². The van der Waals surface area contributed by atoms with Crippen LogP contribution in [-0.4, -0.2) is 31.0 Å². The third kappa shape index (κ3) is 7.96. The number of hydrogen-bond acceptors (Lipinski definition) is 2. The zero-order chi connectivity index (χ0) is 21.5. The molecule has 0 heterocycles. The van der Waals surface area contributed by atoms with Crippen LogP contribution in [0.25, 0.3) is 5.57 Å². The van der Waals surface area contributed by atoms with Crippen LogP contribution in [0.2, 0.25) is 13.3 Å². The van der Waals surface area contributed by atoms with E-state index in [1.807, 2.05) is 19.1 Å². The second-order valence-corrected chi connectivity index (χ2v) is 21.0. The molecule has 162 valence electrons. The summed E-state index contributed by atoms with van der Waals surface area (Å²) < 4.78 is 10.6. The fourth-order valence-electron chi connectivity index (χ4n) is 4.31. The predicted octanol–water partition coefficient (Wildman–Crippen LogP) is 7.97. The first-order chi connectivity index (χ1) is 14.1. The Kier molecular flexibility index (Phi) is 13.3. The Balaban J connectivity index is 3.75. The first-order valence-electron chi connectivity index (χ1n) is 11.7. The monoisotopic (exact) mass is 506 g/mol. The minimum absolute atomic E-state index is 0.0349. The second kappa shape index (κ2) is 14.9. The van der Waals surface area contributed by atoms with Crippen LogP contribution in [0, 0.1) is 0 Å². The first-order valence-corrected chi connectivity index (χ1v) is 19.1. The van der Waals surface area contributed by atoms with Crippen molar-refractivity contribution in [3.8, 4) is 0 Å². The maximum absolute atomic E-state index is 13.5. The van der Waals surface area contributed by atoms with Gasteiger partial charge in [0.15, 0.2) is 0 Å². The summed E-state index contributed by atoms with van der Waals surface area (Å²) in [5.74, 6) is -0.0349. The summed E-state index contributed by atoms with van der Waals surface area (Å²) in [7, 11) is 0. The molecule has 0 fully saturated rings. The summed E-state index contributed by atoms with van der Waals surface area (Å²) in [5, 5.41) is 0. The van der Waals surface area contributed by atoms with Gasteiger partial charge in [-0.3, -0.25) is 0 Å². The van der Waals surface area contributed by atoms with Crippen LogP contribution < -0.4 is 0 Å². The van der Waals surface area contributed by atoms with E-state index in [2.05, 4.69) is 51.6 Å². The Labute approximate surface area is 183 Å². The van der Waals surface area contributed by atoms with Crippen molar-refractivity contribution < 1.29 is 9.53 Å². The average Bonchev–Trinajstić information content (AvgIpc) is 2.74. The summed E-state index contributed by atoms with van der Waals surface area (Å²) in [6, 6.07) is 10.5. The third-order valence-electron chi connectivity index (χ3n) is 5.81. The van der Waals surface area contributed by atoms with Gasteiger partial charge in [-0.15, -0.1) is 0 Å². The van der Waals surface area contributed by atoms with E-state index in [4.69, 9.17) is 4.74 Å². The van der Waals surface area contributed by atoms with Crippen molar-refractivity contribution in [2.24, 2.45) is 0 Å². The van der Waals surface area contributed by atoms with Crippen LogP contribution in [0.15, 0.2) is 46.6 Å². The summed E-state index contributed by atoms with van der Waals surface area (Å²) in [4.78, 5) is 13.5. The number of carbonyl (C=O) groups is 1. The number of ether oxygens (including phenoxy) is 1. The molecule has 1 aromatic carbocycles. The molecule has 0 radical (unpaired) electrons. The van der Waals surface area contributed by atoms with Gasteiger partial charge in [0.2, 0.25) is 0 Å². The SMILES string of the molecule is C=CC/C(=[C](/C(=O)OCC)[Sn]([CH2]CCC)([CH2]CCC)[CH2]CCC)c1ccccc1. The van der Waals surface area contributed by atoms with Crippen molar-refractivity contribution in [3.05, 3.63) is 52.1 Å². The molecule has 0 bridgehead atoms. The number of esters is 1. The molecule has 1 rings (SSSR count). The van der Waals surface area contributed by atoms with Gasteiger partial charge >= 0.3 is 184 Å². The summed E-state index contributed by atoms with van der Waals surface area (Å²) in [5.41, 5.74) is 2.36. The Bertz CT molecular complexity index is 612. The fraction of sp³-hybridized carbons (Fsp3) is 0.577. The van der Waals surface area contributed by atoms with Gasteiger partial charge in [0.25, 0.3) is 0 Å². The first kappa shape index (κ1) is 26.0. The molecule has 0 amide bonds. The Morgan fingerprint density at radius 1 is 0.931 bits per heavy atom. The fourth-order valence-corrected chi connectivity index (χ4v) is 21.4. The van der Waals surface area contributed by atoms with E-state index in [1.54, 1.807) is 0 Å². The van der Waals surface area contributed by atoms with E-state index in [0.29, 0.717) is 6.61 Å². The summed E-state index contributed by atoms with van der Waals surface area (Å²) in [6.07, 6.45) is 9.94. The molecule has 0 spiro atoms. The van der Waals surface area contributed by atoms with Gasteiger partial charge in [0, 0.05) is 0 Å². The zero-order valence-electron chi connectivity index (χ0n) is 19.3. The Hall–Kier alpha value is -1.03. The van der Waals surface area contributed by atoms with Gasteiger partial charge in [-0.2, -0.15) is 0 Å². The van der Waals surface area contributed by atoms with Crippen molar-refractivity contribution in [3.63, 3.8) is 0 Å². The molecule has 3 heteroatoms. The van der Waals surface area contributed by atoms with E-state index in [1.165, 1.54) is 63.0 Å². The van der Waals surface area contributed by atoms with E-state index in [9.17, 15) is 4.79 Å². The van der Waals surface area contributed by atoms with Gasteiger partial charge in [0.05, 0.1) is 0 Å². The van der Waals surface area contributed by atoms with Crippen LogP contribution in [0.1, 0.15) is 78.2 Å². The molecular weight excluding hydrogens is 463 g/mol. The van der Waals surface area contributed by atoms with Crippen LogP contribution in [0.4, 0.5) is 0 Å². The second-order valence-electron chi connectivity index (χ2n) is 8.02. The molecule has 0 aliphatic heterocycles. The molecular formula is C26H42O2Sn. The number of unbranched alkanes of at least 4 members (excludes halogenated alkanes) is 3. The van der Waals surface area contributed by atoms with E-state index in [0.717, 1.165) is 10.0 Å². The average molecular weight is 505 g/mol. The van der Waals surface area contributed by atoms with Gasteiger partial charge in [-0.1, -0.05) is 0 Å². The van der Waals surface area contributed by atoms with Crippen LogP contribution in [0.3, 0.4) is 0 Å². The van der Waals surface area contributed by atoms with E-state index < -0.39 is 18.4 Å². The molecule has 0 saturated heterocycles. The number of carbonyl (C=O) groups excluding carboxylic acids is 1. The molecule has 2 nitrogen and oxygen atoms in total. The minimum atomic E-state index is -2.98. The number of benzene rings is 1. The Morgan fingerprint density at radius 3 is 1.86 bits per heavy atom. The molecule has 0 atom stereocenters. The summed E-state index contributed by atoms with van der Waals surface area (Å²) in [6.45, 7) is 13.2. The molecule has 1 aromatic rings. The van der Waals surface area contributed by atoms with E-state index >= 15 is 0 Å². The van der Waals surface area contributed by atoms with Crippen LogP contribution >= 0.6 is 0 Å². The predicted molar refractivity (Wildman–Crippen MR) is 130 cm³/mol. The summed E-state index contributed by atoms with van der Waals surface area (Å²) >= 11 is -2.98. The molecule has 0 aliphatic rings. The Morgan fingerprint density at radius 2 is 1.45 bits per heavy atom. The third-order valence-corrected chi connectivity index (χ3v) is 21.5. The number of rotatable bonds is 15. The van der Waals surface area contributed by atoms with Gasteiger partial charge in [-0.25, -0.2) is 0 Å². The van der Waals surface area contributed by atoms with Crippen LogP contribution in [0.5, 0.6) is 0 Å². The number of hydrogen-bond donors (Lipinski definition) is 0. The molecule has 0 aliphatic carbocycles. The molecule has 0 N–H and O–H groups in total. The molecule has 0 saturated carbocycles. The quantitative estimate of drug-likeness (QED) is 0.105. The van der Waals surface area contributed by atoms with Crippen LogP contribution in [-0.2, 0) is 9.53 Å². The van der Waals surface area contributed by atoms with Crippen molar-refractivity contribution >= 4 is 29.9 Å². The normalized spacial score (nSPS) is 12.4. The van der Waals surface area contributed by atoms with Crippen molar-refractivity contribution in [2.75, 3.05) is 6.61 Å². The molecule has 29 heavy (non-hydrogen) atoms. The standard InChI is InChI=1S/C14H15O2.3C4H9.Sn/c1-3-8-13(11-14(15)16-4-2)12-9-6-5-7-10-12;3*1-3-4-2;/h3,5-7,9-10H,1,4,8H2,2H3;3*1,3-4H2,2H3;. The van der Waals surface area contributed by atoms with Gasteiger partial charge in [0.1, 0.15) is 0 Å². The van der Waals surface area contributed by atoms with E-state index in [-0.39, 0.29) is 5.97 Å². The maximum atomic E-state index is 13.5. The zero-order valence-corrected chi connectivity index (χ0v) is 22.1. The van der Waals surface area contributed by atoms with Gasteiger partial charge < -0.3 is 0 Å². The molecule has 0 aromatic heterocycles.